The van der Waals surface area contributed by atoms with Gasteiger partial charge in [0.25, 0.3) is 0 Å². The number of alkyl halides is 2. The molecule has 0 aliphatic heterocycles. The summed E-state index contributed by atoms with van der Waals surface area (Å²) in [4.78, 5) is 10.6. The summed E-state index contributed by atoms with van der Waals surface area (Å²) in [7, 11) is 0. The lowest BCUT2D eigenvalue weighted by molar-refractivity contribution is -0.140. The minimum absolute atomic E-state index is 0.0729. The van der Waals surface area contributed by atoms with E-state index in [2.05, 4.69) is 0 Å². The first kappa shape index (κ1) is 7.63. The van der Waals surface area contributed by atoms with Gasteiger partial charge in [-0.2, -0.15) is 8.78 Å². The lowest BCUT2D eigenvalue weighted by Gasteiger charge is -2.06. The molecular formula is C7H10F2O. The number of hydrogen-bond donors (Lipinski definition) is 0. The van der Waals surface area contributed by atoms with Gasteiger partial charge in [0, 0.05) is 13.3 Å². The van der Waals surface area contributed by atoms with Gasteiger partial charge < -0.3 is 0 Å². The highest BCUT2D eigenvalue weighted by Crippen LogP contribution is 2.34. The van der Waals surface area contributed by atoms with Gasteiger partial charge in [-0.3, -0.25) is 4.79 Å². The van der Waals surface area contributed by atoms with Gasteiger partial charge in [-0.25, -0.2) is 0 Å². The summed E-state index contributed by atoms with van der Waals surface area (Å²) in [5.74, 6) is -3.75. The number of halogens is 2. The third-order valence-electron chi connectivity index (χ3n) is 1.66. The molecule has 0 aromatic heterocycles. The van der Waals surface area contributed by atoms with Crippen molar-refractivity contribution in [2.75, 3.05) is 0 Å². The Hall–Kier alpha value is -0.470. The predicted molar refractivity (Wildman–Crippen MR) is 33.0 cm³/mol. The SMILES string of the molecule is CC(F)(F)C(=O)CC1CC1. The van der Waals surface area contributed by atoms with E-state index in [1.54, 1.807) is 0 Å². The number of ketones is 1. The number of carbonyl (C=O) groups excluding carboxylic acids is 1. The second-order valence-electron chi connectivity index (χ2n) is 2.96. The highest BCUT2D eigenvalue weighted by molar-refractivity contribution is 5.85. The molecule has 1 aliphatic carbocycles. The highest BCUT2D eigenvalue weighted by Gasteiger charge is 2.36. The molecule has 0 atom stereocenters. The fourth-order valence-electron chi connectivity index (χ4n) is 0.763. The summed E-state index contributed by atoms with van der Waals surface area (Å²) in [6.45, 7) is 0.664. The van der Waals surface area contributed by atoms with Gasteiger partial charge in [-0.1, -0.05) is 0 Å². The number of carbonyl (C=O) groups is 1. The van der Waals surface area contributed by atoms with E-state index in [9.17, 15) is 13.6 Å². The Balaban J connectivity index is 2.32. The quantitative estimate of drug-likeness (QED) is 0.598. The van der Waals surface area contributed by atoms with E-state index in [-0.39, 0.29) is 12.3 Å². The van der Waals surface area contributed by atoms with E-state index in [4.69, 9.17) is 0 Å². The zero-order valence-electron chi connectivity index (χ0n) is 5.86. The Labute approximate surface area is 58.4 Å². The molecule has 0 radical (unpaired) electrons. The van der Waals surface area contributed by atoms with Crippen molar-refractivity contribution >= 4 is 5.78 Å². The van der Waals surface area contributed by atoms with E-state index < -0.39 is 11.7 Å². The van der Waals surface area contributed by atoms with Crippen LogP contribution in [0.4, 0.5) is 8.78 Å². The Morgan fingerprint density at radius 1 is 1.60 bits per heavy atom. The van der Waals surface area contributed by atoms with Gasteiger partial charge >= 0.3 is 5.92 Å². The molecular weight excluding hydrogens is 138 g/mol. The number of rotatable bonds is 3. The van der Waals surface area contributed by atoms with Crippen LogP contribution in [0.5, 0.6) is 0 Å². The van der Waals surface area contributed by atoms with Crippen molar-refractivity contribution in [1.29, 1.82) is 0 Å². The van der Waals surface area contributed by atoms with Crippen molar-refractivity contribution in [3.05, 3.63) is 0 Å². The first-order chi connectivity index (χ1) is 4.50. The van der Waals surface area contributed by atoms with Crippen LogP contribution in [0.25, 0.3) is 0 Å². The molecule has 1 saturated carbocycles. The molecule has 0 aromatic rings. The van der Waals surface area contributed by atoms with Gasteiger partial charge in [-0.05, 0) is 18.8 Å². The van der Waals surface area contributed by atoms with Crippen LogP contribution in [0.15, 0.2) is 0 Å². The zero-order valence-corrected chi connectivity index (χ0v) is 5.86. The monoisotopic (exact) mass is 148 g/mol. The maximum absolute atomic E-state index is 12.2. The number of Topliss-reactive ketones (excluding diaryl/α,β-unsaturated/α-hetero) is 1. The Kier molecular flexibility index (Phi) is 1.75. The first-order valence-electron chi connectivity index (χ1n) is 3.41. The van der Waals surface area contributed by atoms with E-state index >= 15 is 0 Å². The van der Waals surface area contributed by atoms with Gasteiger partial charge in [0.2, 0.25) is 5.78 Å². The highest BCUT2D eigenvalue weighted by atomic mass is 19.3. The van der Waals surface area contributed by atoms with Gasteiger partial charge in [0.1, 0.15) is 0 Å². The average molecular weight is 148 g/mol. The topological polar surface area (TPSA) is 17.1 Å². The Bertz CT molecular complexity index is 144. The third kappa shape index (κ3) is 2.05. The minimum atomic E-state index is -3.11. The molecule has 10 heavy (non-hydrogen) atoms. The van der Waals surface area contributed by atoms with E-state index in [0.717, 1.165) is 12.8 Å². The van der Waals surface area contributed by atoms with Crippen molar-refractivity contribution in [3.63, 3.8) is 0 Å². The smallest absolute Gasteiger partial charge is 0.293 e. The molecule has 1 fully saturated rings. The van der Waals surface area contributed by atoms with Crippen molar-refractivity contribution in [1.82, 2.24) is 0 Å². The molecule has 0 N–H and O–H groups in total. The second-order valence-corrected chi connectivity index (χ2v) is 2.96. The molecule has 0 unspecified atom stereocenters. The van der Waals surface area contributed by atoms with Crippen molar-refractivity contribution in [2.24, 2.45) is 5.92 Å². The summed E-state index contributed by atoms with van der Waals surface area (Å²) in [6.07, 6.45) is 1.97. The predicted octanol–water partition coefficient (Wildman–Crippen LogP) is 2.01. The van der Waals surface area contributed by atoms with E-state index in [1.807, 2.05) is 0 Å². The van der Waals surface area contributed by atoms with Crippen LogP contribution in [0, 0.1) is 5.92 Å². The summed E-state index contributed by atoms with van der Waals surface area (Å²) in [5.41, 5.74) is 0. The molecule has 0 bridgehead atoms. The average Bonchev–Trinajstić information content (AvgIpc) is 2.47. The fourth-order valence-corrected chi connectivity index (χ4v) is 0.763. The molecule has 58 valence electrons. The molecule has 1 rings (SSSR count). The number of hydrogen-bond acceptors (Lipinski definition) is 1. The van der Waals surface area contributed by atoms with Crippen molar-refractivity contribution in [2.45, 2.75) is 32.1 Å². The van der Waals surface area contributed by atoms with Crippen LogP contribution < -0.4 is 0 Å². The summed E-state index contributed by atoms with van der Waals surface area (Å²) in [5, 5.41) is 0. The van der Waals surface area contributed by atoms with Gasteiger partial charge in [0.15, 0.2) is 0 Å². The van der Waals surface area contributed by atoms with Gasteiger partial charge in [0.05, 0.1) is 0 Å². The Morgan fingerprint density at radius 2 is 2.10 bits per heavy atom. The standard InChI is InChI=1S/C7H10F2O/c1-7(8,9)6(10)4-5-2-3-5/h5H,2-4H2,1H3. The first-order valence-corrected chi connectivity index (χ1v) is 3.41. The summed E-state index contributed by atoms with van der Waals surface area (Å²) >= 11 is 0. The Morgan fingerprint density at radius 3 is 2.40 bits per heavy atom. The van der Waals surface area contributed by atoms with Crippen LogP contribution in [0.3, 0.4) is 0 Å². The molecule has 1 nitrogen and oxygen atoms in total. The summed E-state index contributed by atoms with van der Waals surface area (Å²) in [6, 6.07) is 0. The molecule has 0 aromatic carbocycles. The zero-order chi connectivity index (χ0) is 7.78. The molecule has 3 heteroatoms. The maximum atomic E-state index is 12.2. The van der Waals surface area contributed by atoms with Crippen LogP contribution in [-0.2, 0) is 4.79 Å². The minimum Gasteiger partial charge on any atom is -0.293 e. The molecule has 0 heterocycles. The molecule has 1 aliphatic rings. The van der Waals surface area contributed by atoms with Crippen LogP contribution in [-0.4, -0.2) is 11.7 Å². The van der Waals surface area contributed by atoms with Crippen LogP contribution in [0.1, 0.15) is 26.2 Å². The van der Waals surface area contributed by atoms with Crippen LogP contribution in [0.2, 0.25) is 0 Å². The second kappa shape index (κ2) is 2.29. The third-order valence-corrected chi connectivity index (χ3v) is 1.66. The maximum Gasteiger partial charge on any atom is 0.302 e. The fraction of sp³-hybridized carbons (Fsp3) is 0.857. The van der Waals surface area contributed by atoms with Crippen LogP contribution >= 0.6 is 0 Å². The van der Waals surface area contributed by atoms with Crippen molar-refractivity contribution < 1.29 is 13.6 Å². The van der Waals surface area contributed by atoms with Crippen molar-refractivity contribution in [3.8, 4) is 0 Å². The molecule has 0 amide bonds. The van der Waals surface area contributed by atoms with E-state index in [1.165, 1.54) is 0 Å². The molecule has 0 spiro atoms. The largest absolute Gasteiger partial charge is 0.302 e. The normalized spacial score (nSPS) is 19.1. The van der Waals surface area contributed by atoms with Gasteiger partial charge in [-0.15, -0.1) is 0 Å². The lowest BCUT2D eigenvalue weighted by Crippen LogP contribution is -2.24. The van der Waals surface area contributed by atoms with E-state index in [0.29, 0.717) is 6.92 Å². The lowest BCUT2D eigenvalue weighted by atomic mass is 10.1. The summed E-state index contributed by atoms with van der Waals surface area (Å²) < 4.78 is 24.3. The molecule has 0 saturated heterocycles.